The van der Waals surface area contributed by atoms with Crippen LogP contribution in [-0.2, 0) is 4.74 Å². The smallest absolute Gasteiger partial charge is 0.197 e. The number of ether oxygens (including phenoxy) is 2. The predicted molar refractivity (Wildman–Crippen MR) is 106 cm³/mol. The van der Waals surface area contributed by atoms with E-state index >= 15 is 0 Å². The van der Waals surface area contributed by atoms with Crippen LogP contribution in [-0.4, -0.2) is 45.3 Å². The van der Waals surface area contributed by atoms with Gasteiger partial charge in [-0.1, -0.05) is 6.92 Å². The molecule has 0 saturated carbocycles. The van der Waals surface area contributed by atoms with Gasteiger partial charge in [-0.3, -0.25) is 4.79 Å². The lowest BCUT2D eigenvalue weighted by Gasteiger charge is -2.39. The van der Waals surface area contributed by atoms with E-state index in [1.165, 1.54) is 24.3 Å². The largest absolute Gasteiger partial charge is 0.508 e. The van der Waals surface area contributed by atoms with Crippen molar-refractivity contribution in [3.8, 4) is 28.6 Å². The molecule has 0 amide bonds. The van der Waals surface area contributed by atoms with Crippen molar-refractivity contribution < 1.29 is 34.3 Å². The van der Waals surface area contributed by atoms with Crippen LogP contribution in [0.5, 0.6) is 17.2 Å². The average Bonchev–Trinajstić information content (AvgIpc) is 3.09. The highest BCUT2D eigenvalue weighted by Crippen LogP contribution is 2.51. The summed E-state index contributed by atoms with van der Waals surface area (Å²) in [7, 11) is 0. The van der Waals surface area contributed by atoms with Crippen molar-refractivity contribution in [2.24, 2.45) is 5.92 Å². The van der Waals surface area contributed by atoms with Gasteiger partial charge in [0.1, 0.15) is 46.7 Å². The zero-order valence-corrected chi connectivity index (χ0v) is 16.0. The molecule has 0 aliphatic carbocycles. The molecule has 2 aliphatic rings. The topological polar surface area (TPSA) is 130 Å². The molecule has 4 N–H and O–H groups in total. The zero-order chi connectivity index (χ0) is 21.2. The van der Waals surface area contributed by atoms with Crippen LogP contribution in [0.3, 0.4) is 0 Å². The maximum atomic E-state index is 12.8. The molecular weight excluding hydrogens is 392 g/mol. The first-order valence-corrected chi connectivity index (χ1v) is 9.63. The molecule has 0 spiro atoms. The Morgan fingerprint density at radius 3 is 2.53 bits per heavy atom. The number of aliphatic hydroxyl groups excluding tert-OH is 2. The fourth-order valence-electron chi connectivity index (χ4n) is 4.30. The minimum atomic E-state index is -0.926. The van der Waals surface area contributed by atoms with Crippen LogP contribution in [0.2, 0.25) is 0 Å². The van der Waals surface area contributed by atoms with Gasteiger partial charge in [-0.25, -0.2) is 0 Å². The van der Waals surface area contributed by atoms with Crippen molar-refractivity contribution in [1.82, 2.24) is 0 Å². The number of hydrogen-bond donors (Lipinski definition) is 4. The van der Waals surface area contributed by atoms with Crippen molar-refractivity contribution >= 4 is 11.0 Å². The Hall–Kier alpha value is -3.07. The molecule has 5 rings (SSSR count). The van der Waals surface area contributed by atoms with Gasteiger partial charge in [0.25, 0.3) is 0 Å². The maximum absolute atomic E-state index is 12.8. The minimum Gasteiger partial charge on any atom is -0.508 e. The van der Waals surface area contributed by atoms with Crippen molar-refractivity contribution in [3.05, 3.63) is 52.2 Å². The van der Waals surface area contributed by atoms with E-state index in [9.17, 15) is 25.2 Å². The molecule has 0 bridgehead atoms. The Morgan fingerprint density at radius 1 is 1.10 bits per heavy atom. The summed E-state index contributed by atoms with van der Waals surface area (Å²) in [6.45, 7) is 1.42. The molecule has 5 atom stereocenters. The third-order valence-corrected chi connectivity index (χ3v) is 5.92. The van der Waals surface area contributed by atoms with Gasteiger partial charge in [0.15, 0.2) is 11.0 Å². The summed E-state index contributed by atoms with van der Waals surface area (Å²) in [5.74, 6) is -0.00216. The first-order chi connectivity index (χ1) is 14.4. The molecule has 1 aromatic heterocycles. The van der Waals surface area contributed by atoms with Gasteiger partial charge in [-0.2, -0.15) is 0 Å². The van der Waals surface area contributed by atoms with Gasteiger partial charge in [0.2, 0.25) is 0 Å². The first kappa shape index (κ1) is 18.9. The Labute approximate surface area is 170 Å². The second kappa shape index (κ2) is 6.73. The molecule has 8 heteroatoms. The highest BCUT2D eigenvalue weighted by atomic mass is 16.6. The van der Waals surface area contributed by atoms with Gasteiger partial charge >= 0.3 is 0 Å². The van der Waals surface area contributed by atoms with E-state index in [0.717, 1.165) is 0 Å². The number of phenolic OH excluding ortho intramolecular Hbond substituents is 2. The number of benzene rings is 2. The molecule has 3 aromatic rings. The first-order valence-electron chi connectivity index (χ1n) is 9.63. The van der Waals surface area contributed by atoms with Crippen LogP contribution in [0, 0.1) is 5.92 Å². The number of hydrogen-bond acceptors (Lipinski definition) is 8. The van der Waals surface area contributed by atoms with Gasteiger partial charge in [0.05, 0.1) is 18.3 Å². The van der Waals surface area contributed by atoms with Crippen LogP contribution in [0.1, 0.15) is 18.6 Å². The second-order valence-electron chi connectivity index (χ2n) is 7.74. The SMILES string of the molecule is C[C@H]1[C@@H](O)[C@@H](CO)O[C@@H]2c3c(cc(O)c4c(=O)cc(-c5ccc(O)cc5)oc34)O[C@@H]12. The molecular formula is C22H20O8. The van der Waals surface area contributed by atoms with Crippen LogP contribution >= 0.6 is 0 Å². The number of rotatable bonds is 2. The van der Waals surface area contributed by atoms with E-state index in [1.54, 1.807) is 19.1 Å². The van der Waals surface area contributed by atoms with Crippen molar-refractivity contribution in [3.63, 3.8) is 0 Å². The van der Waals surface area contributed by atoms with E-state index in [1.807, 2.05) is 0 Å². The number of aliphatic hydroxyl groups is 2. The summed E-state index contributed by atoms with van der Waals surface area (Å²) in [5, 5.41) is 40.0. The van der Waals surface area contributed by atoms with Crippen molar-refractivity contribution in [1.29, 1.82) is 0 Å². The molecule has 2 aromatic carbocycles. The van der Waals surface area contributed by atoms with Gasteiger partial charge < -0.3 is 34.3 Å². The fourth-order valence-corrected chi connectivity index (χ4v) is 4.30. The Bertz CT molecular complexity index is 1180. The van der Waals surface area contributed by atoms with E-state index in [4.69, 9.17) is 13.9 Å². The van der Waals surface area contributed by atoms with Crippen LogP contribution in [0.15, 0.2) is 45.6 Å². The van der Waals surface area contributed by atoms with Crippen LogP contribution in [0.25, 0.3) is 22.3 Å². The molecule has 8 nitrogen and oxygen atoms in total. The average molecular weight is 412 g/mol. The standard InChI is InChI=1S/C22H20O8/c1-9-19(27)16(8-23)30-22-18-15(29-20(9)22)7-13(26)17-12(25)6-14(28-21(17)18)10-2-4-11(24)5-3-10/h2-7,9,16,19-20,22-24,26-27H,8H2,1H3/t9-,16+,19+,20-,22+/m0/s1. The lowest BCUT2D eigenvalue weighted by atomic mass is 9.86. The quantitative estimate of drug-likeness (QED) is 0.503. The molecule has 0 radical (unpaired) electrons. The number of fused-ring (bicyclic) bond motifs is 5. The number of aromatic hydroxyl groups is 2. The Morgan fingerprint density at radius 2 is 1.83 bits per heavy atom. The summed E-state index contributed by atoms with van der Waals surface area (Å²) < 4.78 is 17.9. The third kappa shape index (κ3) is 2.68. The zero-order valence-electron chi connectivity index (χ0n) is 16.0. The lowest BCUT2D eigenvalue weighted by Crippen LogP contribution is -2.50. The van der Waals surface area contributed by atoms with Gasteiger partial charge in [-0.05, 0) is 24.3 Å². The molecule has 30 heavy (non-hydrogen) atoms. The highest BCUT2D eigenvalue weighted by molar-refractivity contribution is 5.90. The van der Waals surface area contributed by atoms with Gasteiger partial charge in [-0.15, -0.1) is 0 Å². The van der Waals surface area contributed by atoms with E-state index < -0.39 is 29.8 Å². The molecule has 156 valence electrons. The van der Waals surface area contributed by atoms with E-state index in [2.05, 4.69) is 0 Å². The van der Waals surface area contributed by atoms with Gasteiger partial charge in [0, 0.05) is 23.6 Å². The molecule has 3 heterocycles. The normalized spacial score (nSPS) is 27.5. The predicted octanol–water partition coefficient (Wildman–Crippen LogP) is 2.06. The Kier molecular flexibility index (Phi) is 4.25. The van der Waals surface area contributed by atoms with Crippen LogP contribution < -0.4 is 10.2 Å². The van der Waals surface area contributed by atoms with Crippen molar-refractivity contribution in [2.45, 2.75) is 31.3 Å². The molecule has 2 aliphatic heterocycles. The van der Waals surface area contributed by atoms with E-state index in [0.29, 0.717) is 16.9 Å². The summed E-state index contributed by atoms with van der Waals surface area (Å²) in [6, 6.07) is 8.80. The highest BCUT2D eigenvalue weighted by Gasteiger charge is 2.50. The third-order valence-electron chi connectivity index (χ3n) is 5.92. The maximum Gasteiger partial charge on any atom is 0.197 e. The fraction of sp³-hybridized carbons (Fsp3) is 0.318. The second-order valence-corrected chi connectivity index (χ2v) is 7.74. The van der Waals surface area contributed by atoms with Crippen LogP contribution in [0.4, 0.5) is 0 Å². The lowest BCUT2D eigenvalue weighted by molar-refractivity contribution is -0.190. The summed E-state index contributed by atoms with van der Waals surface area (Å²) in [5.41, 5.74) is 0.725. The summed E-state index contributed by atoms with van der Waals surface area (Å²) >= 11 is 0. The van der Waals surface area contributed by atoms with Crippen molar-refractivity contribution in [2.75, 3.05) is 6.61 Å². The summed E-state index contributed by atoms with van der Waals surface area (Å²) in [4.78, 5) is 12.8. The molecule has 0 unspecified atom stereocenters. The Balaban J connectivity index is 1.73. The molecule has 1 fully saturated rings. The monoisotopic (exact) mass is 412 g/mol. The molecule has 1 saturated heterocycles. The summed E-state index contributed by atoms with van der Waals surface area (Å²) in [6.07, 6.45) is -2.99. The minimum absolute atomic E-state index is 0.00320. The van der Waals surface area contributed by atoms with E-state index in [-0.39, 0.29) is 40.8 Å². The number of phenols is 2.